The van der Waals surface area contributed by atoms with Crippen molar-refractivity contribution in [3.8, 4) is 0 Å². The van der Waals surface area contributed by atoms with Gasteiger partial charge in [-0.15, -0.1) is 0 Å². The van der Waals surface area contributed by atoms with Gasteiger partial charge in [0.1, 0.15) is 5.56 Å². The number of aryl methyl sites for hydroxylation is 1. The highest BCUT2D eigenvalue weighted by molar-refractivity contribution is 5.93. The van der Waals surface area contributed by atoms with Crippen LogP contribution in [0.25, 0.3) is 0 Å². The van der Waals surface area contributed by atoms with E-state index in [0.717, 1.165) is 11.1 Å². The van der Waals surface area contributed by atoms with Gasteiger partial charge in [-0.3, -0.25) is 4.79 Å². The standard InChI is InChI=1S/C23H24N2O4/c1-15(2)22-20(16(3)25-29-22)23(27)28-14-19(26)24-21(17-10-6-4-7-11-17)18-12-8-5-9-13-18/h4-13,15,21H,14H2,1-3H3,(H,24,26). The number of carbonyl (C=O) groups excluding carboxylic acids is 2. The Bertz CT molecular complexity index is 926. The molecule has 1 N–H and O–H groups in total. The molecular weight excluding hydrogens is 368 g/mol. The van der Waals surface area contributed by atoms with Gasteiger partial charge in [0.15, 0.2) is 12.4 Å². The lowest BCUT2D eigenvalue weighted by Crippen LogP contribution is -2.33. The van der Waals surface area contributed by atoms with Gasteiger partial charge in [-0.2, -0.15) is 0 Å². The first-order valence-electron chi connectivity index (χ1n) is 9.50. The van der Waals surface area contributed by atoms with E-state index < -0.39 is 18.5 Å². The number of hydrogen-bond donors (Lipinski definition) is 1. The van der Waals surface area contributed by atoms with Crippen LogP contribution in [0.3, 0.4) is 0 Å². The summed E-state index contributed by atoms with van der Waals surface area (Å²) < 4.78 is 10.5. The Morgan fingerprint density at radius 3 is 2.07 bits per heavy atom. The molecule has 0 spiro atoms. The maximum absolute atomic E-state index is 12.6. The lowest BCUT2D eigenvalue weighted by Gasteiger charge is -2.20. The molecule has 29 heavy (non-hydrogen) atoms. The first-order chi connectivity index (χ1) is 14.0. The van der Waals surface area contributed by atoms with Crippen LogP contribution in [0.4, 0.5) is 0 Å². The minimum absolute atomic E-state index is 0.0203. The topological polar surface area (TPSA) is 81.4 Å². The molecule has 0 aliphatic carbocycles. The van der Waals surface area contributed by atoms with Gasteiger partial charge in [0.05, 0.1) is 11.7 Å². The van der Waals surface area contributed by atoms with Crippen molar-refractivity contribution in [3.05, 3.63) is 88.8 Å². The van der Waals surface area contributed by atoms with E-state index >= 15 is 0 Å². The van der Waals surface area contributed by atoms with Crippen LogP contribution in [0.15, 0.2) is 65.2 Å². The highest BCUT2D eigenvalue weighted by Gasteiger charge is 2.25. The van der Waals surface area contributed by atoms with Gasteiger partial charge in [0.2, 0.25) is 0 Å². The number of esters is 1. The first-order valence-corrected chi connectivity index (χ1v) is 9.50. The SMILES string of the molecule is Cc1noc(C(C)C)c1C(=O)OCC(=O)NC(c1ccccc1)c1ccccc1. The van der Waals surface area contributed by atoms with Crippen LogP contribution in [0, 0.1) is 6.92 Å². The molecule has 0 unspecified atom stereocenters. The molecule has 1 amide bonds. The molecule has 0 aliphatic rings. The largest absolute Gasteiger partial charge is 0.452 e. The number of aromatic nitrogens is 1. The normalized spacial score (nSPS) is 10.9. The van der Waals surface area contributed by atoms with Crippen molar-refractivity contribution in [2.75, 3.05) is 6.61 Å². The molecule has 3 aromatic rings. The number of benzene rings is 2. The van der Waals surface area contributed by atoms with Gasteiger partial charge in [-0.1, -0.05) is 79.7 Å². The summed E-state index contributed by atoms with van der Waals surface area (Å²) in [4.78, 5) is 25.0. The predicted molar refractivity (Wildman–Crippen MR) is 108 cm³/mol. The number of rotatable bonds is 7. The number of amides is 1. The van der Waals surface area contributed by atoms with E-state index in [4.69, 9.17) is 9.26 Å². The smallest absolute Gasteiger partial charge is 0.344 e. The van der Waals surface area contributed by atoms with Crippen molar-refractivity contribution in [1.82, 2.24) is 10.5 Å². The molecule has 0 radical (unpaired) electrons. The predicted octanol–water partition coefficient (Wildman–Crippen LogP) is 4.17. The Balaban J connectivity index is 1.70. The van der Waals surface area contributed by atoms with Crippen molar-refractivity contribution in [3.63, 3.8) is 0 Å². The minimum Gasteiger partial charge on any atom is -0.452 e. The number of hydrogen-bond acceptors (Lipinski definition) is 5. The summed E-state index contributed by atoms with van der Waals surface area (Å²) in [6.07, 6.45) is 0. The third-order valence-corrected chi connectivity index (χ3v) is 4.52. The van der Waals surface area contributed by atoms with E-state index in [-0.39, 0.29) is 17.5 Å². The van der Waals surface area contributed by atoms with E-state index in [0.29, 0.717) is 11.5 Å². The highest BCUT2D eigenvalue weighted by atomic mass is 16.5. The van der Waals surface area contributed by atoms with Gasteiger partial charge in [-0.25, -0.2) is 4.79 Å². The molecule has 1 heterocycles. The molecule has 1 aromatic heterocycles. The fraction of sp³-hybridized carbons (Fsp3) is 0.261. The summed E-state index contributed by atoms with van der Waals surface area (Å²) in [7, 11) is 0. The Labute approximate surface area is 169 Å². The fourth-order valence-corrected chi connectivity index (χ4v) is 3.09. The summed E-state index contributed by atoms with van der Waals surface area (Å²) in [5.41, 5.74) is 2.62. The molecule has 0 fully saturated rings. The van der Waals surface area contributed by atoms with Crippen LogP contribution in [-0.4, -0.2) is 23.6 Å². The van der Waals surface area contributed by atoms with Crippen LogP contribution in [-0.2, 0) is 9.53 Å². The van der Waals surface area contributed by atoms with Crippen LogP contribution >= 0.6 is 0 Å². The van der Waals surface area contributed by atoms with Gasteiger partial charge in [-0.05, 0) is 18.1 Å². The molecular formula is C23H24N2O4. The molecule has 0 saturated heterocycles. The van der Waals surface area contributed by atoms with Gasteiger partial charge < -0.3 is 14.6 Å². The molecule has 3 rings (SSSR count). The van der Waals surface area contributed by atoms with Crippen LogP contribution in [0.2, 0.25) is 0 Å². The van der Waals surface area contributed by atoms with Crippen molar-refractivity contribution in [2.45, 2.75) is 32.7 Å². The van der Waals surface area contributed by atoms with Crippen LogP contribution < -0.4 is 5.32 Å². The molecule has 150 valence electrons. The summed E-state index contributed by atoms with van der Waals surface area (Å²) in [5.74, 6) is -0.567. The monoisotopic (exact) mass is 392 g/mol. The average Bonchev–Trinajstić information content (AvgIpc) is 3.13. The van der Waals surface area contributed by atoms with Gasteiger partial charge >= 0.3 is 5.97 Å². The molecule has 0 saturated carbocycles. The van der Waals surface area contributed by atoms with E-state index in [1.165, 1.54) is 0 Å². The Morgan fingerprint density at radius 1 is 1.00 bits per heavy atom. The van der Waals surface area contributed by atoms with E-state index in [2.05, 4.69) is 10.5 Å². The van der Waals surface area contributed by atoms with Crippen molar-refractivity contribution >= 4 is 11.9 Å². The Hall–Kier alpha value is -3.41. The number of nitrogens with zero attached hydrogens (tertiary/aromatic N) is 1. The zero-order valence-electron chi connectivity index (χ0n) is 16.7. The lowest BCUT2D eigenvalue weighted by molar-refractivity contribution is -0.124. The molecule has 2 aromatic carbocycles. The summed E-state index contributed by atoms with van der Waals surface area (Å²) in [6.45, 7) is 5.07. The van der Waals surface area contributed by atoms with E-state index in [1.807, 2.05) is 74.5 Å². The van der Waals surface area contributed by atoms with Gasteiger partial charge in [0.25, 0.3) is 5.91 Å². The second-order valence-electron chi connectivity index (χ2n) is 7.06. The fourth-order valence-electron chi connectivity index (χ4n) is 3.09. The number of ether oxygens (including phenoxy) is 1. The quantitative estimate of drug-likeness (QED) is 0.610. The third-order valence-electron chi connectivity index (χ3n) is 4.52. The van der Waals surface area contributed by atoms with Crippen LogP contribution in [0.5, 0.6) is 0 Å². The average molecular weight is 392 g/mol. The van der Waals surface area contributed by atoms with Crippen LogP contribution in [0.1, 0.15) is 58.7 Å². The third kappa shape index (κ3) is 4.90. The number of nitrogens with one attached hydrogen (secondary N) is 1. The molecule has 0 bridgehead atoms. The zero-order chi connectivity index (χ0) is 20.8. The van der Waals surface area contributed by atoms with Crippen molar-refractivity contribution in [1.29, 1.82) is 0 Å². The van der Waals surface area contributed by atoms with E-state index in [9.17, 15) is 9.59 Å². The molecule has 6 nitrogen and oxygen atoms in total. The lowest BCUT2D eigenvalue weighted by atomic mass is 9.99. The summed E-state index contributed by atoms with van der Waals surface area (Å²) in [6, 6.07) is 18.9. The number of carbonyl (C=O) groups is 2. The minimum atomic E-state index is -0.612. The highest BCUT2D eigenvalue weighted by Crippen LogP contribution is 2.24. The first kappa shape index (κ1) is 20.3. The summed E-state index contributed by atoms with van der Waals surface area (Å²) in [5, 5.41) is 6.78. The summed E-state index contributed by atoms with van der Waals surface area (Å²) >= 11 is 0. The van der Waals surface area contributed by atoms with E-state index in [1.54, 1.807) is 6.92 Å². The second-order valence-corrected chi connectivity index (χ2v) is 7.06. The van der Waals surface area contributed by atoms with Crippen molar-refractivity contribution < 1.29 is 18.8 Å². The maximum Gasteiger partial charge on any atom is 0.344 e. The maximum atomic E-state index is 12.6. The molecule has 6 heteroatoms. The molecule has 0 aliphatic heterocycles. The zero-order valence-corrected chi connectivity index (χ0v) is 16.7. The Kier molecular flexibility index (Phi) is 6.44. The molecule has 0 atom stereocenters. The van der Waals surface area contributed by atoms with Crippen molar-refractivity contribution in [2.24, 2.45) is 0 Å². The van der Waals surface area contributed by atoms with Gasteiger partial charge in [0, 0.05) is 5.92 Å². The second kappa shape index (κ2) is 9.19. The Morgan fingerprint density at radius 2 is 1.55 bits per heavy atom.